The van der Waals surface area contributed by atoms with Gasteiger partial charge in [-0.3, -0.25) is 14.6 Å². The SMILES string of the molecule is CC(C)N1CCN(C(=O)c2cc(CN(C)Cc3ccccc3)on2)CC1. The number of carbonyl (C=O) groups is 1. The zero-order valence-corrected chi connectivity index (χ0v) is 15.9. The summed E-state index contributed by atoms with van der Waals surface area (Å²) in [5.41, 5.74) is 1.65. The second kappa shape index (κ2) is 8.47. The Labute approximate surface area is 155 Å². The summed E-state index contributed by atoms with van der Waals surface area (Å²) in [5, 5.41) is 4.00. The maximum atomic E-state index is 12.6. The van der Waals surface area contributed by atoms with Gasteiger partial charge >= 0.3 is 0 Å². The molecule has 0 atom stereocenters. The Morgan fingerprint density at radius 3 is 2.50 bits per heavy atom. The number of aromatic nitrogens is 1. The highest BCUT2D eigenvalue weighted by atomic mass is 16.5. The maximum absolute atomic E-state index is 12.6. The predicted octanol–water partition coefficient (Wildman–Crippen LogP) is 2.47. The summed E-state index contributed by atoms with van der Waals surface area (Å²) in [4.78, 5) is 19.0. The van der Waals surface area contributed by atoms with Gasteiger partial charge in [-0.25, -0.2) is 0 Å². The van der Waals surface area contributed by atoms with Crippen LogP contribution in [0.2, 0.25) is 0 Å². The van der Waals surface area contributed by atoms with Crippen LogP contribution in [-0.4, -0.2) is 65.0 Å². The standard InChI is InChI=1S/C20H28N4O2/c1-16(2)23-9-11-24(12-10-23)20(25)19-13-18(26-21-19)15-22(3)14-17-7-5-4-6-8-17/h4-8,13,16H,9-12,14-15H2,1-3H3. The van der Waals surface area contributed by atoms with Crippen LogP contribution in [0.25, 0.3) is 0 Å². The Bertz CT molecular complexity index is 706. The van der Waals surface area contributed by atoms with E-state index in [1.165, 1.54) is 5.56 Å². The second-order valence-corrected chi connectivity index (χ2v) is 7.26. The summed E-state index contributed by atoms with van der Waals surface area (Å²) >= 11 is 0. The fourth-order valence-electron chi connectivity index (χ4n) is 3.31. The van der Waals surface area contributed by atoms with Crippen molar-refractivity contribution in [3.8, 4) is 0 Å². The quantitative estimate of drug-likeness (QED) is 0.796. The number of amides is 1. The molecule has 1 aromatic heterocycles. The topological polar surface area (TPSA) is 52.8 Å². The van der Waals surface area contributed by atoms with E-state index in [2.05, 4.69) is 40.9 Å². The van der Waals surface area contributed by atoms with Crippen molar-refractivity contribution in [2.75, 3.05) is 33.2 Å². The Morgan fingerprint density at radius 1 is 1.15 bits per heavy atom. The first-order valence-electron chi connectivity index (χ1n) is 9.24. The van der Waals surface area contributed by atoms with Crippen molar-refractivity contribution in [2.24, 2.45) is 0 Å². The molecule has 6 heteroatoms. The molecule has 26 heavy (non-hydrogen) atoms. The van der Waals surface area contributed by atoms with Crippen LogP contribution in [0.1, 0.15) is 35.7 Å². The second-order valence-electron chi connectivity index (χ2n) is 7.26. The van der Waals surface area contributed by atoms with Crippen LogP contribution in [-0.2, 0) is 13.1 Å². The van der Waals surface area contributed by atoms with E-state index >= 15 is 0 Å². The van der Waals surface area contributed by atoms with Crippen molar-refractivity contribution >= 4 is 5.91 Å². The van der Waals surface area contributed by atoms with E-state index < -0.39 is 0 Å². The molecular formula is C20H28N4O2. The Balaban J connectivity index is 1.53. The molecule has 1 aliphatic rings. The smallest absolute Gasteiger partial charge is 0.276 e. The summed E-state index contributed by atoms with van der Waals surface area (Å²) in [5.74, 6) is 0.682. The Kier molecular flexibility index (Phi) is 6.06. The number of hydrogen-bond donors (Lipinski definition) is 0. The zero-order valence-electron chi connectivity index (χ0n) is 15.9. The monoisotopic (exact) mass is 356 g/mol. The van der Waals surface area contributed by atoms with E-state index in [9.17, 15) is 4.79 Å². The van der Waals surface area contributed by atoms with E-state index in [1.807, 2.05) is 30.1 Å². The van der Waals surface area contributed by atoms with E-state index in [1.54, 1.807) is 6.07 Å². The van der Waals surface area contributed by atoms with Gasteiger partial charge in [-0.05, 0) is 26.5 Å². The summed E-state index contributed by atoms with van der Waals surface area (Å²) in [6.45, 7) is 9.13. The molecule has 0 bridgehead atoms. The van der Waals surface area contributed by atoms with E-state index in [4.69, 9.17) is 4.52 Å². The fraction of sp³-hybridized carbons (Fsp3) is 0.500. The molecule has 0 saturated carbocycles. The Morgan fingerprint density at radius 2 is 1.85 bits per heavy atom. The minimum Gasteiger partial charge on any atom is -0.359 e. The number of hydrogen-bond acceptors (Lipinski definition) is 5. The normalized spacial score (nSPS) is 15.8. The summed E-state index contributed by atoms with van der Waals surface area (Å²) in [6, 6.07) is 12.6. The molecule has 1 saturated heterocycles. The lowest BCUT2D eigenvalue weighted by molar-refractivity contribution is 0.0586. The summed E-state index contributed by atoms with van der Waals surface area (Å²) in [6.07, 6.45) is 0. The zero-order chi connectivity index (χ0) is 18.5. The number of rotatable bonds is 6. The van der Waals surface area contributed by atoms with Crippen molar-refractivity contribution in [3.63, 3.8) is 0 Å². The van der Waals surface area contributed by atoms with Gasteiger partial charge in [-0.2, -0.15) is 0 Å². The molecule has 0 N–H and O–H groups in total. The molecule has 0 aliphatic carbocycles. The third kappa shape index (κ3) is 4.71. The Hall–Kier alpha value is -2.18. The first kappa shape index (κ1) is 18.6. The highest BCUT2D eigenvalue weighted by molar-refractivity contribution is 5.92. The van der Waals surface area contributed by atoms with Gasteiger partial charge in [0, 0.05) is 44.8 Å². The van der Waals surface area contributed by atoms with E-state index in [0.717, 1.165) is 32.7 Å². The number of nitrogens with zero attached hydrogens (tertiary/aromatic N) is 4. The molecule has 2 heterocycles. The van der Waals surface area contributed by atoms with E-state index in [0.29, 0.717) is 24.0 Å². The van der Waals surface area contributed by atoms with E-state index in [-0.39, 0.29) is 5.91 Å². The van der Waals surface area contributed by atoms with Crippen LogP contribution in [0.15, 0.2) is 40.9 Å². The highest BCUT2D eigenvalue weighted by Gasteiger charge is 2.25. The van der Waals surface area contributed by atoms with Gasteiger partial charge < -0.3 is 9.42 Å². The molecule has 3 rings (SSSR count). The van der Waals surface area contributed by atoms with Crippen molar-refractivity contribution in [2.45, 2.75) is 33.0 Å². The van der Waals surface area contributed by atoms with Crippen LogP contribution >= 0.6 is 0 Å². The van der Waals surface area contributed by atoms with Crippen molar-refractivity contribution in [1.82, 2.24) is 19.9 Å². The lowest BCUT2D eigenvalue weighted by atomic mass is 10.2. The molecule has 1 aromatic carbocycles. The van der Waals surface area contributed by atoms with Crippen LogP contribution in [0, 0.1) is 0 Å². The third-order valence-electron chi connectivity index (χ3n) is 4.83. The van der Waals surface area contributed by atoms with Gasteiger partial charge in [0.15, 0.2) is 11.5 Å². The third-order valence-corrected chi connectivity index (χ3v) is 4.83. The largest absolute Gasteiger partial charge is 0.359 e. The predicted molar refractivity (Wildman–Crippen MR) is 101 cm³/mol. The summed E-state index contributed by atoms with van der Waals surface area (Å²) in [7, 11) is 2.03. The number of carbonyl (C=O) groups excluding carboxylic acids is 1. The van der Waals surface area contributed by atoms with Crippen molar-refractivity contribution in [1.29, 1.82) is 0 Å². The molecule has 0 unspecified atom stereocenters. The minimum atomic E-state index is -0.0332. The summed E-state index contributed by atoms with van der Waals surface area (Å²) < 4.78 is 5.39. The first-order chi connectivity index (χ1) is 12.5. The molecule has 1 aliphatic heterocycles. The van der Waals surface area contributed by atoms with Crippen LogP contribution in [0.3, 0.4) is 0 Å². The van der Waals surface area contributed by atoms with Gasteiger partial charge in [0.25, 0.3) is 5.91 Å². The fourth-order valence-corrected chi connectivity index (χ4v) is 3.31. The van der Waals surface area contributed by atoms with Crippen molar-refractivity contribution < 1.29 is 9.32 Å². The first-order valence-corrected chi connectivity index (χ1v) is 9.24. The molecule has 2 aromatic rings. The van der Waals surface area contributed by atoms with Crippen LogP contribution in [0.4, 0.5) is 0 Å². The molecular weight excluding hydrogens is 328 g/mol. The lowest BCUT2D eigenvalue weighted by Crippen LogP contribution is -2.50. The van der Waals surface area contributed by atoms with Crippen LogP contribution in [0.5, 0.6) is 0 Å². The molecule has 1 amide bonds. The molecule has 140 valence electrons. The maximum Gasteiger partial charge on any atom is 0.276 e. The number of piperazine rings is 1. The highest BCUT2D eigenvalue weighted by Crippen LogP contribution is 2.13. The van der Waals surface area contributed by atoms with Gasteiger partial charge in [-0.15, -0.1) is 0 Å². The van der Waals surface area contributed by atoms with Crippen LogP contribution < -0.4 is 0 Å². The average molecular weight is 356 g/mol. The molecule has 6 nitrogen and oxygen atoms in total. The molecule has 0 spiro atoms. The minimum absolute atomic E-state index is 0.0332. The van der Waals surface area contributed by atoms with Gasteiger partial charge in [0.1, 0.15) is 0 Å². The van der Waals surface area contributed by atoms with Crippen molar-refractivity contribution in [3.05, 3.63) is 53.4 Å². The lowest BCUT2D eigenvalue weighted by Gasteiger charge is -2.36. The van der Waals surface area contributed by atoms with Gasteiger partial charge in [0.05, 0.1) is 6.54 Å². The number of benzene rings is 1. The molecule has 1 fully saturated rings. The van der Waals surface area contributed by atoms with Gasteiger partial charge in [0.2, 0.25) is 0 Å². The average Bonchev–Trinajstić information content (AvgIpc) is 3.10. The molecule has 0 radical (unpaired) electrons. The van der Waals surface area contributed by atoms with Gasteiger partial charge in [-0.1, -0.05) is 35.5 Å².